The molecule has 1 amide bonds. The predicted octanol–water partition coefficient (Wildman–Crippen LogP) is 3.84. The van der Waals surface area contributed by atoms with Gasteiger partial charge in [0.2, 0.25) is 5.91 Å². The highest BCUT2D eigenvalue weighted by Crippen LogP contribution is 2.33. The Morgan fingerprint density at radius 1 is 1.29 bits per heavy atom. The number of benzene rings is 1. The highest BCUT2D eigenvalue weighted by Gasteiger charge is 2.26. The first-order valence-electron chi connectivity index (χ1n) is 7.81. The summed E-state index contributed by atoms with van der Waals surface area (Å²) in [4.78, 5) is 12.1. The third-order valence-corrected chi connectivity index (χ3v) is 4.27. The van der Waals surface area contributed by atoms with Crippen LogP contribution >= 0.6 is 0 Å². The highest BCUT2D eigenvalue weighted by atomic mass is 19.1. The molecule has 0 saturated heterocycles. The Morgan fingerprint density at radius 3 is 2.48 bits per heavy atom. The number of hydrogen-bond donors (Lipinski definition) is 1. The summed E-state index contributed by atoms with van der Waals surface area (Å²) in [5, 5.41) is 2.87. The van der Waals surface area contributed by atoms with E-state index in [1.54, 1.807) is 0 Å². The van der Waals surface area contributed by atoms with Gasteiger partial charge in [-0.05, 0) is 49.8 Å². The second-order valence-corrected chi connectivity index (χ2v) is 5.94. The van der Waals surface area contributed by atoms with Crippen LogP contribution in [-0.2, 0) is 11.2 Å². The number of nitrogens with one attached hydrogen (secondary N) is 1. The molecule has 0 heterocycles. The Hall–Kier alpha value is -1.45. The molecule has 1 saturated carbocycles. The lowest BCUT2D eigenvalue weighted by molar-refractivity contribution is -0.125. The SMILES string of the molecule is CCNC(=O)C(CCc1cc(F)cc(F)c1)CC1CCC1. The second-order valence-electron chi connectivity index (χ2n) is 5.94. The Kier molecular flexibility index (Phi) is 5.71. The average molecular weight is 295 g/mol. The highest BCUT2D eigenvalue weighted by molar-refractivity contribution is 5.78. The van der Waals surface area contributed by atoms with E-state index < -0.39 is 11.6 Å². The largest absolute Gasteiger partial charge is 0.356 e. The molecule has 4 heteroatoms. The molecule has 2 rings (SSSR count). The third kappa shape index (κ3) is 4.80. The first-order chi connectivity index (χ1) is 10.1. The molecule has 1 aromatic rings. The van der Waals surface area contributed by atoms with Crippen LogP contribution < -0.4 is 5.32 Å². The molecular formula is C17H23F2NO. The smallest absolute Gasteiger partial charge is 0.223 e. The summed E-state index contributed by atoms with van der Waals surface area (Å²) in [5.74, 6) is -0.457. The first kappa shape index (κ1) is 15.9. The second kappa shape index (κ2) is 7.53. The molecule has 21 heavy (non-hydrogen) atoms. The van der Waals surface area contributed by atoms with E-state index in [0.717, 1.165) is 12.5 Å². The zero-order valence-corrected chi connectivity index (χ0v) is 12.5. The number of carbonyl (C=O) groups is 1. The van der Waals surface area contributed by atoms with Crippen molar-refractivity contribution in [1.82, 2.24) is 5.32 Å². The van der Waals surface area contributed by atoms with E-state index in [1.165, 1.54) is 31.4 Å². The van der Waals surface area contributed by atoms with E-state index >= 15 is 0 Å². The van der Waals surface area contributed by atoms with Crippen molar-refractivity contribution in [2.24, 2.45) is 11.8 Å². The fourth-order valence-corrected chi connectivity index (χ4v) is 2.90. The van der Waals surface area contributed by atoms with Crippen LogP contribution in [0.4, 0.5) is 8.78 Å². The zero-order valence-electron chi connectivity index (χ0n) is 12.5. The molecule has 1 aliphatic rings. The van der Waals surface area contributed by atoms with Crippen molar-refractivity contribution >= 4 is 5.91 Å². The maximum atomic E-state index is 13.2. The van der Waals surface area contributed by atoms with Gasteiger partial charge in [-0.3, -0.25) is 4.79 Å². The van der Waals surface area contributed by atoms with Crippen LogP contribution in [0, 0.1) is 23.5 Å². The van der Waals surface area contributed by atoms with Crippen molar-refractivity contribution in [3.8, 4) is 0 Å². The quantitative estimate of drug-likeness (QED) is 0.813. The number of aryl methyl sites for hydroxylation is 1. The number of amides is 1. The lowest BCUT2D eigenvalue weighted by Crippen LogP contribution is -2.33. The van der Waals surface area contributed by atoms with E-state index in [9.17, 15) is 13.6 Å². The maximum absolute atomic E-state index is 13.2. The lowest BCUT2D eigenvalue weighted by atomic mass is 9.77. The van der Waals surface area contributed by atoms with Crippen LogP contribution in [0.15, 0.2) is 18.2 Å². The molecule has 1 unspecified atom stereocenters. The van der Waals surface area contributed by atoms with Crippen molar-refractivity contribution in [3.63, 3.8) is 0 Å². The summed E-state index contributed by atoms with van der Waals surface area (Å²) >= 11 is 0. The van der Waals surface area contributed by atoms with Crippen molar-refractivity contribution in [2.45, 2.75) is 45.4 Å². The van der Waals surface area contributed by atoms with Crippen LogP contribution in [0.1, 0.15) is 44.6 Å². The Morgan fingerprint density at radius 2 is 1.95 bits per heavy atom. The third-order valence-electron chi connectivity index (χ3n) is 4.27. The van der Waals surface area contributed by atoms with Gasteiger partial charge >= 0.3 is 0 Å². The lowest BCUT2D eigenvalue weighted by Gasteiger charge is -2.29. The minimum atomic E-state index is -0.557. The molecule has 116 valence electrons. The van der Waals surface area contributed by atoms with Gasteiger partial charge in [0, 0.05) is 18.5 Å². The molecule has 1 N–H and O–H groups in total. The predicted molar refractivity (Wildman–Crippen MR) is 78.8 cm³/mol. The van der Waals surface area contributed by atoms with Gasteiger partial charge in [0.25, 0.3) is 0 Å². The molecular weight excluding hydrogens is 272 g/mol. The molecule has 2 nitrogen and oxygen atoms in total. The fraction of sp³-hybridized carbons (Fsp3) is 0.588. The maximum Gasteiger partial charge on any atom is 0.223 e. The van der Waals surface area contributed by atoms with E-state index in [2.05, 4.69) is 5.32 Å². The topological polar surface area (TPSA) is 29.1 Å². The van der Waals surface area contributed by atoms with Crippen LogP contribution in [0.2, 0.25) is 0 Å². The number of hydrogen-bond acceptors (Lipinski definition) is 1. The first-order valence-corrected chi connectivity index (χ1v) is 7.81. The number of carbonyl (C=O) groups excluding carboxylic acids is 1. The van der Waals surface area contributed by atoms with Crippen molar-refractivity contribution in [2.75, 3.05) is 6.54 Å². The monoisotopic (exact) mass is 295 g/mol. The molecule has 0 radical (unpaired) electrons. The minimum Gasteiger partial charge on any atom is -0.356 e. The van der Waals surface area contributed by atoms with Gasteiger partial charge in [-0.2, -0.15) is 0 Å². The Balaban J connectivity index is 1.94. The summed E-state index contributed by atoms with van der Waals surface area (Å²) in [6.45, 7) is 2.52. The number of halogens is 2. The number of rotatable bonds is 7. The minimum absolute atomic E-state index is 0.0541. The summed E-state index contributed by atoms with van der Waals surface area (Å²) in [7, 11) is 0. The standard InChI is InChI=1S/C17H23F2NO/c1-2-20-17(21)14(8-12-4-3-5-12)7-6-13-9-15(18)11-16(19)10-13/h9-12,14H,2-8H2,1H3,(H,20,21). The molecule has 0 aromatic heterocycles. The molecule has 0 aliphatic heterocycles. The van der Waals surface area contributed by atoms with Gasteiger partial charge in [0.15, 0.2) is 0 Å². The Bertz CT molecular complexity index is 465. The van der Waals surface area contributed by atoms with E-state index in [0.29, 0.717) is 30.9 Å². The van der Waals surface area contributed by atoms with Crippen molar-refractivity contribution in [3.05, 3.63) is 35.4 Å². The fourth-order valence-electron chi connectivity index (χ4n) is 2.90. The van der Waals surface area contributed by atoms with E-state index in [4.69, 9.17) is 0 Å². The Labute approximate surface area is 124 Å². The summed E-state index contributed by atoms with van der Waals surface area (Å²) in [6.07, 6.45) is 5.72. The summed E-state index contributed by atoms with van der Waals surface area (Å²) < 4.78 is 26.4. The van der Waals surface area contributed by atoms with E-state index in [1.807, 2.05) is 6.92 Å². The molecule has 1 aliphatic carbocycles. The normalized spacial score (nSPS) is 16.3. The summed E-state index contributed by atoms with van der Waals surface area (Å²) in [6, 6.07) is 3.57. The zero-order chi connectivity index (χ0) is 15.2. The van der Waals surface area contributed by atoms with Crippen molar-refractivity contribution < 1.29 is 13.6 Å². The van der Waals surface area contributed by atoms with E-state index in [-0.39, 0.29) is 11.8 Å². The summed E-state index contributed by atoms with van der Waals surface area (Å²) in [5.41, 5.74) is 0.621. The average Bonchev–Trinajstić information content (AvgIpc) is 2.35. The van der Waals surface area contributed by atoms with Gasteiger partial charge in [0.05, 0.1) is 0 Å². The van der Waals surface area contributed by atoms with Crippen LogP contribution in [0.25, 0.3) is 0 Å². The molecule has 0 spiro atoms. The molecule has 1 fully saturated rings. The van der Waals surface area contributed by atoms with Crippen LogP contribution in [0.3, 0.4) is 0 Å². The van der Waals surface area contributed by atoms with Gasteiger partial charge < -0.3 is 5.32 Å². The molecule has 0 bridgehead atoms. The van der Waals surface area contributed by atoms with Crippen molar-refractivity contribution in [1.29, 1.82) is 0 Å². The van der Waals surface area contributed by atoms with Gasteiger partial charge in [0.1, 0.15) is 11.6 Å². The van der Waals surface area contributed by atoms with Gasteiger partial charge in [-0.15, -0.1) is 0 Å². The molecule has 1 atom stereocenters. The van der Waals surface area contributed by atoms with Crippen LogP contribution in [0.5, 0.6) is 0 Å². The van der Waals surface area contributed by atoms with Crippen LogP contribution in [-0.4, -0.2) is 12.5 Å². The molecule has 1 aromatic carbocycles. The van der Waals surface area contributed by atoms with Gasteiger partial charge in [-0.25, -0.2) is 8.78 Å². The van der Waals surface area contributed by atoms with Gasteiger partial charge in [-0.1, -0.05) is 19.3 Å².